The molecule has 1 spiro atoms. The standard InChI is InChI=1S/C16H22N2O6S/c1-23-7-4-18-10-16-3-2-11(24-16)12(13(16)15(18)20)14(19)17-5-8-25(21,22)9-6-17/h2-3,11-13H,4-10H2,1H3/t11-,12?,13?,16-/m0/s1. The number of ether oxygens (including phenoxy) is 2. The fourth-order valence-electron chi connectivity index (χ4n) is 4.39. The third kappa shape index (κ3) is 2.60. The smallest absolute Gasteiger partial charge is 0.230 e. The van der Waals surface area contributed by atoms with Gasteiger partial charge in [0.2, 0.25) is 11.8 Å². The van der Waals surface area contributed by atoms with Crippen molar-refractivity contribution in [1.29, 1.82) is 0 Å². The highest BCUT2D eigenvalue weighted by Gasteiger charge is 2.67. The van der Waals surface area contributed by atoms with Crippen LogP contribution in [0.1, 0.15) is 0 Å². The van der Waals surface area contributed by atoms with E-state index >= 15 is 0 Å². The Bertz CT molecular complexity index is 721. The summed E-state index contributed by atoms with van der Waals surface area (Å²) in [7, 11) is -1.48. The van der Waals surface area contributed by atoms with Crippen molar-refractivity contribution in [2.24, 2.45) is 11.8 Å². The molecular weight excluding hydrogens is 348 g/mol. The van der Waals surface area contributed by atoms with E-state index in [0.29, 0.717) is 19.7 Å². The van der Waals surface area contributed by atoms with Crippen molar-refractivity contribution >= 4 is 21.7 Å². The lowest BCUT2D eigenvalue weighted by atomic mass is 9.76. The van der Waals surface area contributed by atoms with Gasteiger partial charge in [0.25, 0.3) is 0 Å². The van der Waals surface area contributed by atoms with Crippen LogP contribution in [0.3, 0.4) is 0 Å². The molecule has 0 radical (unpaired) electrons. The van der Waals surface area contributed by atoms with Crippen molar-refractivity contribution in [3.05, 3.63) is 12.2 Å². The number of likely N-dealkylation sites (tertiary alicyclic amines) is 1. The molecule has 9 heteroatoms. The zero-order chi connectivity index (χ0) is 17.8. The van der Waals surface area contributed by atoms with E-state index in [-0.39, 0.29) is 36.4 Å². The Morgan fingerprint density at radius 1 is 1.40 bits per heavy atom. The fourth-order valence-corrected chi connectivity index (χ4v) is 5.60. The van der Waals surface area contributed by atoms with E-state index in [1.807, 2.05) is 12.2 Å². The largest absolute Gasteiger partial charge is 0.383 e. The van der Waals surface area contributed by atoms with Gasteiger partial charge >= 0.3 is 0 Å². The summed E-state index contributed by atoms with van der Waals surface area (Å²) in [6.45, 7) is 1.72. The zero-order valence-corrected chi connectivity index (χ0v) is 14.9. The number of fused-ring (bicyclic) bond motifs is 1. The summed E-state index contributed by atoms with van der Waals surface area (Å²) >= 11 is 0. The summed E-state index contributed by atoms with van der Waals surface area (Å²) < 4.78 is 34.3. The molecule has 138 valence electrons. The second kappa shape index (κ2) is 5.78. The molecular formula is C16H22N2O6S. The average Bonchev–Trinajstić information content (AvgIpc) is 3.21. The summed E-state index contributed by atoms with van der Waals surface area (Å²) in [6.07, 6.45) is 3.38. The first-order valence-corrected chi connectivity index (χ1v) is 10.3. The summed E-state index contributed by atoms with van der Waals surface area (Å²) in [5, 5.41) is 0. The Balaban J connectivity index is 1.54. The number of hydrogen-bond donors (Lipinski definition) is 0. The average molecular weight is 370 g/mol. The van der Waals surface area contributed by atoms with Gasteiger partial charge in [-0.05, 0) is 0 Å². The molecule has 4 aliphatic heterocycles. The highest BCUT2D eigenvalue weighted by Crippen LogP contribution is 2.52. The van der Waals surface area contributed by atoms with Crippen LogP contribution in [0.25, 0.3) is 0 Å². The van der Waals surface area contributed by atoms with Gasteiger partial charge in [-0.3, -0.25) is 9.59 Å². The van der Waals surface area contributed by atoms with E-state index in [2.05, 4.69) is 0 Å². The maximum atomic E-state index is 13.0. The van der Waals surface area contributed by atoms with Crippen molar-refractivity contribution in [2.75, 3.05) is 51.4 Å². The predicted molar refractivity (Wildman–Crippen MR) is 87.4 cm³/mol. The monoisotopic (exact) mass is 370 g/mol. The van der Waals surface area contributed by atoms with E-state index in [9.17, 15) is 18.0 Å². The number of nitrogens with zero attached hydrogens (tertiary/aromatic N) is 2. The summed E-state index contributed by atoms with van der Waals surface area (Å²) in [6, 6.07) is 0. The molecule has 4 rings (SSSR count). The van der Waals surface area contributed by atoms with Crippen molar-refractivity contribution in [2.45, 2.75) is 11.7 Å². The van der Waals surface area contributed by atoms with Crippen LogP contribution in [-0.4, -0.2) is 93.1 Å². The number of methoxy groups -OCH3 is 1. The minimum absolute atomic E-state index is 0.0173. The second-order valence-electron chi connectivity index (χ2n) is 7.13. The zero-order valence-electron chi connectivity index (χ0n) is 14.1. The Labute approximate surface area is 146 Å². The molecule has 0 aromatic heterocycles. The molecule has 2 amide bonds. The SMILES string of the molecule is COCCN1C[C@]23C=C[C@H](O2)C(C(=O)N2CCS(=O)(=O)CC2)C3C1=O. The maximum Gasteiger partial charge on any atom is 0.230 e. The van der Waals surface area contributed by atoms with Gasteiger partial charge in [0, 0.05) is 26.7 Å². The maximum absolute atomic E-state index is 13.0. The fraction of sp³-hybridized carbons (Fsp3) is 0.750. The molecule has 3 saturated heterocycles. The second-order valence-corrected chi connectivity index (χ2v) is 9.43. The van der Waals surface area contributed by atoms with Gasteiger partial charge in [0.05, 0.1) is 42.6 Å². The lowest BCUT2D eigenvalue weighted by Crippen LogP contribution is -2.50. The summed E-state index contributed by atoms with van der Waals surface area (Å²) in [5.41, 5.74) is -0.725. The molecule has 4 aliphatic rings. The molecule has 0 aromatic rings. The first-order valence-electron chi connectivity index (χ1n) is 8.51. The van der Waals surface area contributed by atoms with Crippen molar-refractivity contribution in [3.63, 3.8) is 0 Å². The minimum atomic E-state index is -3.06. The summed E-state index contributed by atoms with van der Waals surface area (Å²) in [5.74, 6) is -1.37. The molecule has 8 nitrogen and oxygen atoms in total. The van der Waals surface area contributed by atoms with Crippen LogP contribution >= 0.6 is 0 Å². The Hall–Kier alpha value is -1.45. The van der Waals surface area contributed by atoms with Crippen LogP contribution in [-0.2, 0) is 28.9 Å². The number of amides is 2. The number of rotatable bonds is 4. The number of carbonyl (C=O) groups is 2. The first-order chi connectivity index (χ1) is 11.9. The predicted octanol–water partition coefficient (Wildman–Crippen LogP) is -1.33. The lowest BCUT2D eigenvalue weighted by molar-refractivity contribution is -0.143. The minimum Gasteiger partial charge on any atom is -0.383 e. The van der Waals surface area contributed by atoms with Crippen molar-refractivity contribution in [3.8, 4) is 0 Å². The topological polar surface area (TPSA) is 93.2 Å². The molecule has 0 N–H and O–H groups in total. The van der Waals surface area contributed by atoms with E-state index in [0.717, 1.165) is 0 Å². The summed E-state index contributed by atoms with van der Waals surface area (Å²) in [4.78, 5) is 29.2. The molecule has 2 unspecified atom stereocenters. The van der Waals surface area contributed by atoms with Gasteiger partial charge in [0.1, 0.15) is 5.60 Å². The lowest BCUT2D eigenvalue weighted by Gasteiger charge is -2.32. The van der Waals surface area contributed by atoms with E-state index in [1.54, 1.807) is 16.9 Å². The molecule has 4 atom stereocenters. The van der Waals surface area contributed by atoms with Crippen molar-refractivity contribution in [1.82, 2.24) is 9.80 Å². The highest BCUT2D eigenvalue weighted by atomic mass is 32.2. The van der Waals surface area contributed by atoms with Gasteiger partial charge in [0.15, 0.2) is 9.84 Å². The molecule has 25 heavy (non-hydrogen) atoms. The molecule has 2 bridgehead atoms. The Morgan fingerprint density at radius 3 is 2.80 bits per heavy atom. The van der Waals surface area contributed by atoms with Gasteiger partial charge in [-0.15, -0.1) is 0 Å². The van der Waals surface area contributed by atoms with Crippen LogP contribution in [0, 0.1) is 11.8 Å². The van der Waals surface area contributed by atoms with Crippen LogP contribution in [0.4, 0.5) is 0 Å². The highest BCUT2D eigenvalue weighted by molar-refractivity contribution is 7.91. The number of sulfone groups is 1. The quantitative estimate of drug-likeness (QED) is 0.570. The van der Waals surface area contributed by atoms with Crippen LogP contribution < -0.4 is 0 Å². The van der Waals surface area contributed by atoms with E-state index < -0.39 is 33.4 Å². The molecule has 0 aromatic carbocycles. The number of carbonyl (C=O) groups excluding carboxylic acids is 2. The van der Waals surface area contributed by atoms with Gasteiger partial charge in [-0.2, -0.15) is 0 Å². The van der Waals surface area contributed by atoms with Gasteiger partial charge in [-0.25, -0.2) is 8.42 Å². The molecule has 0 aliphatic carbocycles. The van der Waals surface area contributed by atoms with Gasteiger partial charge in [-0.1, -0.05) is 12.2 Å². The third-order valence-corrected chi connectivity index (χ3v) is 7.29. The van der Waals surface area contributed by atoms with Crippen LogP contribution in [0.15, 0.2) is 12.2 Å². The molecule has 3 fully saturated rings. The Morgan fingerprint density at radius 2 is 2.12 bits per heavy atom. The normalized spacial score (nSPS) is 38.4. The van der Waals surface area contributed by atoms with Crippen LogP contribution in [0.5, 0.6) is 0 Å². The molecule has 4 heterocycles. The van der Waals surface area contributed by atoms with Gasteiger partial charge < -0.3 is 19.3 Å². The van der Waals surface area contributed by atoms with Crippen LogP contribution in [0.2, 0.25) is 0 Å². The molecule has 0 saturated carbocycles. The third-order valence-electron chi connectivity index (χ3n) is 5.69. The Kier molecular flexibility index (Phi) is 3.93. The van der Waals surface area contributed by atoms with Crippen molar-refractivity contribution < 1.29 is 27.5 Å². The first kappa shape index (κ1) is 17.0. The van der Waals surface area contributed by atoms with E-state index in [1.165, 1.54) is 0 Å². The van der Waals surface area contributed by atoms with E-state index in [4.69, 9.17) is 9.47 Å². The number of hydrogen-bond acceptors (Lipinski definition) is 6.